The highest BCUT2D eigenvalue weighted by Gasteiger charge is 2.33. The molecule has 1 saturated heterocycles. The van der Waals surface area contributed by atoms with Gasteiger partial charge >= 0.3 is 0 Å². The fraction of sp³-hybridized carbons (Fsp3) is 0. The molecule has 2 nitrogen and oxygen atoms in total. The Balaban J connectivity index is 1.92. The first-order valence-corrected chi connectivity index (χ1v) is 9.25. The number of thiocarbonyl (C=S) groups is 1. The molecule has 0 spiro atoms. The van der Waals surface area contributed by atoms with E-state index in [0.717, 1.165) is 15.7 Å². The molecule has 7 heteroatoms. The lowest BCUT2D eigenvalue weighted by Crippen LogP contribution is -2.27. The average Bonchev–Trinajstić information content (AvgIpc) is 2.79. The van der Waals surface area contributed by atoms with Crippen molar-refractivity contribution in [2.75, 3.05) is 4.90 Å². The van der Waals surface area contributed by atoms with Gasteiger partial charge in [0, 0.05) is 4.47 Å². The molecule has 0 aliphatic carbocycles. The van der Waals surface area contributed by atoms with Gasteiger partial charge in [0.25, 0.3) is 5.91 Å². The van der Waals surface area contributed by atoms with Gasteiger partial charge in [0.05, 0.1) is 15.1 Å². The van der Waals surface area contributed by atoms with Crippen molar-refractivity contribution in [3.8, 4) is 0 Å². The Hall–Kier alpha value is -1.02. The van der Waals surface area contributed by atoms with Gasteiger partial charge in [-0.15, -0.1) is 0 Å². The lowest BCUT2D eigenvalue weighted by atomic mass is 10.2. The van der Waals surface area contributed by atoms with E-state index < -0.39 is 0 Å². The number of carbonyl (C=O) groups excluding carboxylic acids is 1. The number of carbonyl (C=O) groups is 1. The van der Waals surface area contributed by atoms with Crippen molar-refractivity contribution in [1.82, 2.24) is 0 Å². The fourth-order valence-electron chi connectivity index (χ4n) is 2.03. The maximum Gasteiger partial charge on any atom is 0.270 e. The van der Waals surface area contributed by atoms with Crippen LogP contribution in [0.1, 0.15) is 5.56 Å². The van der Waals surface area contributed by atoms with Crippen molar-refractivity contribution in [3.63, 3.8) is 0 Å². The molecule has 1 amide bonds. The molecular formula is C16H8Br2FNOS2. The summed E-state index contributed by atoms with van der Waals surface area (Å²) >= 11 is 13.1. The van der Waals surface area contributed by atoms with Crippen LogP contribution in [-0.2, 0) is 4.79 Å². The van der Waals surface area contributed by atoms with E-state index in [1.165, 1.54) is 22.7 Å². The van der Waals surface area contributed by atoms with E-state index in [-0.39, 0.29) is 11.7 Å². The van der Waals surface area contributed by atoms with Crippen molar-refractivity contribution in [1.29, 1.82) is 0 Å². The second kappa shape index (κ2) is 6.84. The molecule has 0 N–H and O–H groups in total. The fourth-order valence-corrected chi connectivity index (χ4v) is 3.99. The van der Waals surface area contributed by atoms with E-state index in [9.17, 15) is 9.18 Å². The van der Waals surface area contributed by atoms with Crippen molar-refractivity contribution < 1.29 is 9.18 Å². The Morgan fingerprint density at radius 3 is 2.48 bits per heavy atom. The van der Waals surface area contributed by atoms with Crippen molar-refractivity contribution in [3.05, 3.63) is 67.7 Å². The molecular weight excluding hydrogens is 465 g/mol. The van der Waals surface area contributed by atoms with Crippen molar-refractivity contribution in [2.24, 2.45) is 0 Å². The van der Waals surface area contributed by atoms with Gasteiger partial charge in [0.1, 0.15) is 5.82 Å². The first-order chi connectivity index (χ1) is 11.0. The molecule has 2 aromatic rings. The molecule has 116 valence electrons. The van der Waals surface area contributed by atoms with E-state index in [0.29, 0.717) is 13.7 Å². The summed E-state index contributed by atoms with van der Waals surface area (Å²) in [4.78, 5) is 14.6. The lowest BCUT2D eigenvalue weighted by Gasteiger charge is -2.14. The minimum atomic E-state index is -0.343. The van der Waals surface area contributed by atoms with E-state index in [2.05, 4.69) is 31.9 Å². The van der Waals surface area contributed by atoms with Gasteiger partial charge in [0.2, 0.25) is 0 Å². The summed E-state index contributed by atoms with van der Waals surface area (Å²) in [5.74, 6) is -0.521. The van der Waals surface area contributed by atoms with Gasteiger partial charge in [-0.05, 0) is 64.0 Å². The number of anilines is 1. The van der Waals surface area contributed by atoms with Gasteiger partial charge in [-0.25, -0.2) is 4.39 Å². The number of amides is 1. The zero-order chi connectivity index (χ0) is 16.6. The smallest absolute Gasteiger partial charge is 0.268 e. The van der Waals surface area contributed by atoms with E-state index >= 15 is 0 Å². The Bertz CT molecular complexity index is 836. The molecule has 0 bridgehead atoms. The number of thioether (sulfide) groups is 1. The topological polar surface area (TPSA) is 20.3 Å². The van der Waals surface area contributed by atoms with Crippen molar-refractivity contribution in [2.45, 2.75) is 0 Å². The van der Waals surface area contributed by atoms with Gasteiger partial charge in [-0.3, -0.25) is 9.69 Å². The van der Waals surface area contributed by atoms with Crippen LogP contribution in [-0.4, -0.2) is 10.2 Å². The summed E-state index contributed by atoms with van der Waals surface area (Å²) in [5.41, 5.74) is 1.45. The standard InChI is InChI=1S/C16H8Br2FNOS2/c17-10-2-4-11(5-3-10)20-15(21)14(23-16(20)22)8-9-1-6-13(19)12(18)7-9/h1-8H/b14-8+. The molecule has 3 rings (SSSR count). The summed E-state index contributed by atoms with van der Waals surface area (Å²) < 4.78 is 15.1. The van der Waals surface area contributed by atoms with Crippen molar-refractivity contribution >= 4 is 77.8 Å². The van der Waals surface area contributed by atoms with Crippen LogP contribution in [0.25, 0.3) is 6.08 Å². The summed E-state index contributed by atoms with van der Waals surface area (Å²) in [6.07, 6.45) is 1.71. The second-order valence-corrected chi connectivity index (χ2v) is 8.11. The molecule has 0 unspecified atom stereocenters. The summed E-state index contributed by atoms with van der Waals surface area (Å²) in [6.45, 7) is 0. The second-order valence-electron chi connectivity index (χ2n) is 4.67. The molecule has 0 radical (unpaired) electrons. The first-order valence-electron chi connectivity index (χ1n) is 6.44. The molecule has 23 heavy (non-hydrogen) atoms. The molecule has 0 saturated carbocycles. The molecule has 1 heterocycles. The summed E-state index contributed by atoms with van der Waals surface area (Å²) in [5, 5.41) is 0. The minimum Gasteiger partial charge on any atom is -0.268 e. The molecule has 0 atom stereocenters. The maximum atomic E-state index is 13.3. The van der Waals surface area contributed by atoms with Crippen LogP contribution < -0.4 is 4.90 Å². The zero-order valence-corrected chi connectivity index (χ0v) is 16.2. The Morgan fingerprint density at radius 2 is 1.83 bits per heavy atom. The van der Waals surface area contributed by atoms with Gasteiger partial charge in [-0.1, -0.05) is 46.0 Å². The largest absolute Gasteiger partial charge is 0.270 e. The minimum absolute atomic E-state index is 0.178. The number of rotatable bonds is 2. The predicted octanol–water partition coefficient (Wildman–Crippen LogP) is 5.76. The first kappa shape index (κ1) is 16.8. The lowest BCUT2D eigenvalue weighted by molar-refractivity contribution is -0.113. The van der Waals surface area contributed by atoms with Crippen LogP contribution in [0, 0.1) is 5.82 Å². The third-order valence-corrected chi connectivity index (χ3v) is 5.56. The van der Waals surface area contributed by atoms with Crippen LogP contribution in [0.4, 0.5) is 10.1 Å². The number of halogens is 3. The number of hydrogen-bond donors (Lipinski definition) is 0. The van der Waals surface area contributed by atoms with Gasteiger partial charge in [-0.2, -0.15) is 0 Å². The van der Waals surface area contributed by atoms with Crippen LogP contribution in [0.15, 0.2) is 56.3 Å². The molecule has 1 fully saturated rings. The average molecular weight is 473 g/mol. The Kier molecular flexibility index (Phi) is 5.01. The quantitative estimate of drug-likeness (QED) is 0.409. The Morgan fingerprint density at radius 1 is 1.13 bits per heavy atom. The number of nitrogens with zero attached hydrogens (tertiary/aromatic N) is 1. The summed E-state index contributed by atoms with van der Waals surface area (Å²) in [6, 6.07) is 12.0. The highest BCUT2D eigenvalue weighted by Crippen LogP contribution is 2.36. The SMILES string of the molecule is O=C1/C(=C\c2ccc(F)c(Br)c2)SC(=S)N1c1ccc(Br)cc1. The number of hydrogen-bond acceptors (Lipinski definition) is 3. The van der Waals surface area contributed by atoms with E-state index in [4.69, 9.17) is 12.2 Å². The normalized spacial score (nSPS) is 16.5. The maximum absolute atomic E-state index is 13.3. The van der Waals surface area contributed by atoms with Gasteiger partial charge < -0.3 is 0 Å². The predicted molar refractivity (Wildman–Crippen MR) is 104 cm³/mol. The highest BCUT2D eigenvalue weighted by atomic mass is 79.9. The third-order valence-electron chi connectivity index (χ3n) is 3.12. The zero-order valence-electron chi connectivity index (χ0n) is 11.4. The number of benzene rings is 2. The monoisotopic (exact) mass is 471 g/mol. The highest BCUT2D eigenvalue weighted by molar-refractivity contribution is 9.10. The molecule has 2 aromatic carbocycles. The van der Waals surface area contributed by atoms with E-state index in [1.807, 2.05) is 24.3 Å². The Labute approximate surface area is 159 Å². The van der Waals surface area contributed by atoms with E-state index in [1.54, 1.807) is 18.2 Å². The molecule has 0 aromatic heterocycles. The molecule has 1 aliphatic heterocycles. The third kappa shape index (κ3) is 3.57. The van der Waals surface area contributed by atoms with Crippen LogP contribution >= 0.6 is 55.8 Å². The van der Waals surface area contributed by atoms with Gasteiger partial charge in [0.15, 0.2) is 4.32 Å². The van der Waals surface area contributed by atoms with Crippen LogP contribution in [0.2, 0.25) is 0 Å². The molecule has 1 aliphatic rings. The van der Waals surface area contributed by atoms with Crippen LogP contribution in [0.5, 0.6) is 0 Å². The van der Waals surface area contributed by atoms with Crippen LogP contribution in [0.3, 0.4) is 0 Å². The summed E-state index contributed by atoms with van der Waals surface area (Å²) in [7, 11) is 0.